The zero-order valence-corrected chi connectivity index (χ0v) is 15.2. The third kappa shape index (κ3) is 3.54. The topological polar surface area (TPSA) is 95.5 Å². The molecule has 1 atom stereocenters. The molecule has 3 rings (SSSR count). The largest absolute Gasteiger partial charge is 0.336 e. The maximum absolute atomic E-state index is 12.3. The van der Waals surface area contributed by atoms with E-state index in [9.17, 15) is 14.4 Å². The van der Waals surface area contributed by atoms with Crippen molar-refractivity contribution in [1.29, 1.82) is 0 Å². The van der Waals surface area contributed by atoms with Gasteiger partial charge in [-0.1, -0.05) is 30.0 Å². The van der Waals surface area contributed by atoms with E-state index >= 15 is 0 Å². The number of anilines is 1. The molecule has 1 aliphatic carbocycles. The molecule has 0 bridgehead atoms. The van der Waals surface area contributed by atoms with Gasteiger partial charge in [0.05, 0.1) is 5.25 Å². The van der Waals surface area contributed by atoms with Crippen molar-refractivity contribution in [3.8, 4) is 0 Å². The number of aromatic nitrogens is 2. The number of carbonyl (C=O) groups is 3. The van der Waals surface area contributed by atoms with Gasteiger partial charge < -0.3 is 5.32 Å². The second-order valence-electron chi connectivity index (χ2n) is 5.68. The van der Waals surface area contributed by atoms with E-state index in [0.29, 0.717) is 29.0 Å². The molecule has 1 aliphatic heterocycles. The average Bonchev–Trinajstić information content (AvgIpc) is 3.14. The van der Waals surface area contributed by atoms with E-state index in [1.54, 1.807) is 11.8 Å². The lowest BCUT2D eigenvalue weighted by molar-refractivity contribution is -0.126. The van der Waals surface area contributed by atoms with Gasteiger partial charge in [-0.05, 0) is 19.8 Å². The summed E-state index contributed by atoms with van der Waals surface area (Å²) in [5.74, 6) is -0.196. The van der Waals surface area contributed by atoms with Gasteiger partial charge in [-0.15, -0.1) is 10.2 Å². The molecule has 2 aliphatic rings. The molecule has 24 heavy (non-hydrogen) atoms. The summed E-state index contributed by atoms with van der Waals surface area (Å²) < 4.78 is 0.625. The molecular weight excluding hydrogens is 350 g/mol. The number of amides is 4. The quantitative estimate of drug-likeness (QED) is 0.603. The van der Waals surface area contributed by atoms with Crippen molar-refractivity contribution in [2.24, 2.45) is 0 Å². The van der Waals surface area contributed by atoms with Gasteiger partial charge in [-0.2, -0.15) is 0 Å². The Morgan fingerprint density at radius 1 is 1.46 bits per heavy atom. The number of hydrogen-bond acceptors (Lipinski definition) is 7. The Balaban J connectivity index is 1.66. The van der Waals surface area contributed by atoms with Crippen LogP contribution in [0.3, 0.4) is 0 Å². The van der Waals surface area contributed by atoms with Gasteiger partial charge in [-0.3, -0.25) is 19.4 Å². The first-order valence-corrected chi connectivity index (χ1v) is 9.62. The summed E-state index contributed by atoms with van der Waals surface area (Å²) in [6.07, 6.45) is 2.41. The number of nitrogens with one attached hydrogen (secondary N) is 1. The van der Waals surface area contributed by atoms with Crippen LogP contribution in [0.5, 0.6) is 0 Å². The summed E-state index contributed by atoms with van der Waals surface area (Å²) in [6, 6.07) is -0.116. The molecule has 1 aromatic rings. The number of imide groups is 1. The molecule has 0 radical (unpaired) electrons. The van der Waals surface area contributed by atoms with Crippen LogP contribution in [-0.4, -0.2) is 57.3 Å². The summed E-state index contributed by atoms with van der Waals surface area (Å²) in [5.41, 5.74) is 0. The Bertz CT molecular complexity index is 661. The highest BCUT2D eigenvalue weighted by molar-refractivity contribution is 8.02. The minimum absolute atomic E-state index is 0.0445. The number of carbonyl (C=O) groups excluding carboxylic acids is 3. The summed E-state index contributed by atoms with van der Waals surface area (Å²) >= 11 is 2.58. The first-order chi connectivity index (χ1) is 11.5. The van der Waals surface area contributed by atoms with E-state index in [4.69, 9.17) is 0 Å². The lowest BCUT2D eigenvalue weighted by Crippen LogP contribution is -2.38. The van der Waals surface area contributed by atoms with Crippen LogP contribution in [0.2, 0.25) is 0 Å². The van der Waals surface area contributed by atoms with Gasteiger partial charge in [0.15, 0.2) is 4.34 Å². The van der Waals surface area contributed by atoms with Crippen molar-refractivity contribution in [2.75, 3.05) is 18.0 Å². The summed E-state index contributed by atoms with van der Waals surface area (Å²) in [6.45, 7) is 4.45. The fourth-order valence-corrected chi connectivity index (χ4v) is 4.56. The Kier molecular flexibility index (Phi) is 5.04. The third-order valence-electron chi connectivity index (χ3n) is 3.83. The lowest BCUT2D eigenvalue weighted by atomic mass is 10.4. The molecule has 0 aromatic carbocycles. The van der Waals surface area contributed by atoms with E-state index in [-0.39, 0.29) is 23.9 Å². The number of thioether (sulfide) groups is 1. The van der Waals surface area contributed by atoms with E-state index in [0.717, 1.165) is 12.8 Å². The Morgan fingerprint density at radius 2 is 2.21 bits per heavy atom. The van der Waals surface area contributed by atoms with Crippen LogP contribution in [0.1, 0.15) is 33.1 Å². The molecule has 0 unspecified atom stereocenters. The predicted octanol–water partition coefficient (Wildman–Crippen LogP) is 1.48. The summed E-state index contributed by atoms with van der Waals surface area (Å²) in [4.78, 5) is 38.9. The second-order valence-corrected chi connectivity index (χ2v) is 8.22. The maximum Gasteiger partial charge on any atom is 0.324 e. The standard InChI is InChI=1S/C14H19N5O3S2/c1-3-10(20)19(9-4-5-9)13-16-17-14(24-13)23-8(2)11(21)18-7-6-15-12(18)22/h8-9H,3-7H2,1-2H3,(H,15,22)/t8-/m0/s1. The molecule has 1 saturated carbocycles. The number of nitrogens with zero attached hydrogens (tertiary/aromatic N) is 4. The van der Waals surface area contributed by atoms with Gasteiger partial charge in [0.2, 0.25) is 16.9 Å². The van der Waals surface area contributed by atoms with E-state index in [2.05, 4.69) is 15.5 Å². The monoisotopic (exact) mass is 369 g/mol. The molecule has 4 amide bonds. The smallest absolute Gasteiger partial charge is 0.324 e. The molecule has 0 spiro atoms. The van der Waals surface area contributed by atoms with Crippen molar-refractivity contribution >= 4 is 46.1 Å². The van der Waals surface area contributed by atoms with Crippen LogP contribution < -0.4 is 10.2 Å². The van der Waals surface area contributed by atoms with Gasteiger partial charge in [-0.25, -0.2) is 4.79 Å². The minimum Gasteiger partial charge on any atom is -0.336 e. The fraction of sp³-hybridized carbons (Fsp3) is 0.643. The normalized spacial score (nSPS) is 18.4. The zero-order chi connectivity index (χ0) is 17.3. The molecule has 10 heteroatoms. The summed E-state index contributed by atoms with van der Waals surface area (Å²) in [5, 5.41) is 11.0. The van der Waals surface area contributed by atoms with E-state index < -0.39 is 5.25 Å². The molecule has 1 N–H and O–H groups in total. The van der Waals surface area contributed by atoms with Crippen LogP contribution in [0.25, 0.3) is 0 Å². The molecule has 1 saturated heterocycles. The molecule has 8 nitrogen and oxygen atoms in total. The van der Waals surface area contributed by atoms with Crippen LogP contribution in [0.15, 0.2) is 4.34 Å². The van der Waals surface area contributed by atoms with Gasteiger partial charge in [0, 0.05) is 25.6 Å². The van der Waals surface area contributed by atoms with Crippen LogP contribution in [0.4, 0.5) is 9.93 Å². The first-order valence-electron chi connectivity index (χ1n) is 7.92. The molecule has 1 aromatic heterocycles. The van der Waals surface area contributed by atoms with Crippen molar-refractivity contribution in [2.45, 2.75) is 48.7 Å². The minimum atomic E-state index is -0.439. The second kappa shape index (κ2) is 7.06. The zero-order valence-electron chi connectivity index (χ0n) is 13.5. The SMILES string of the molecule is CCC(=O)N(c1nnc(S[C@@H](C)C(=O)N2CCNC2=O)s1)C1CC1. The van der Waals surface area contributed by atoms with Crippen molar-refractivity contribution in [3.05, 3.63) is 0 Å². The fourth-order valence-electron chi connectivity index (χ4n) is 2.42. The van der Waals surface area contributed by atoms with Crippen LogP contribution >= 0.6 is 23.1 Å². The number of hydrogen-bond donors (Lipinski definition) is 1. The van der Waals surface area contributed by atoms with Crippen LogP contribution in [-0.2, 0) is 9.59 Å². The Labute approximate surface area is 148 Å². The molecule has 130 valence electrons. The van der Waals surface area contributed by atoms with Crippen molar-refractivity contribution in [1.82, 2.24) is 20.4 Å². The van der Waals surface area contributed by atoms with Gasteiger partial charge in [0.1, 0.15) is 0 Å². The van der Waals surface area contributed by atoms with Crippen LogP contribution in [0, 0.1) is 0 Å². The predicted molar refractivity (Wildman–Crippen MR) is 91.1 cm³/mol. The number of rotatable bonds is 6. The summed E-state index contributed by atoms with van der Waals surface area (Å²) in [7, 11) is 0. The average molecular weight is 369 g/mol. The van der Waals surface area contributed by atoms with Crippen molar-refractivity contribution < 1.29 is 14.4 Å². The Hall–Kier alpha value is -1.68. The van der Waals surface area contributed by atoms with E-state index in [1.165, 1.54) is 28.0 Å². The van der Waals surface area contributed by atoms with Gasteiger partial charge in [0.25, 0.3) is 0 Å². The first kappa shape index (κ1) is 17.2. The highest BCUT2D eigenvalue weighted by atomic mass is 32.2. The van der Waals surface area contributed by atoms with E-state index in [1.807, 2.05) is 6.92 Å². The molecule has 2 heterocycles. The number of urea groups is 1. The molecule has 2 fully saturated rings. The lowest BCUT2D eigenvalue weighted by Gasteiger charge is -2.17. The molecular formula is C14H19N5O3S2. The van der Waals surface area contributed by atoms with Crippen molar-refractivity contribution in [3.63, 3.8) is 0 Å². The highest BCUT2D eigenvalue weighted by Crippen LogP contribution is 2.37. The third-order valence-corrected chi connectivity index (χ3v) is 5.93. The Morgan fingerprint density at radius 3 is 2.79 bits per heavy atom. The highest BCUT2D eigenvalue weighted by Gasteiger charge is 2.36. The van der Waals surface area contributed by atoms with Gasteiger partial charge >= 0.3 is 6.03 Å². The maximum atomic E-state index is 12.3.